The van der Waals surface area contributed by atoms with Crippen LogP contribution in [0.5, 0.6) is 0 Å². The normalized spacial score (nSPS) is 11.6. The van der Waals surface area contributed by atoms with Crippen LogP contribution in [0, 0.1) is 13.8 Å². The van der Waals surface area contributed by atoms with Crippen LogP contribution < -0.4 is 5.32 Å². The minimum atomic E-state index is -1.03. The van der Waals surface area contributed by atoms with Gasteiger partial charge < -0.3 is 14.5 Å². The van der Waals surface area contributed by atoms with Gasteiger partial charge in [0.15, 0.2) is 11.2 Å². The van der Waals surface area contributed by atoms with Crippen molar-refractivity contribution in [3.8, 4) is 11.4 Å². The third-order valence-electron chi connectivity index (χ3n) is 4.59. The van der Waals surface area contributed by atoms with E-state index in [1.807, 2.05) is 13.8 Å². The fourth-order valence-corrected chi connectivity index (χ4v) is 3.46. The van der Waals surface area contributed by atoms with Crippen molar-refractivity contribution in [2.24, 2.45) is 0 Å². The smallest absolute Gasteiger partial charge is 0.338 e. The summed E-state index contributed by atoms with van der Waals surface area (Å²) in [5.41, 5.74) is 3.55. The van der Waals surface area contributed by atoms with Gasteiger partial charge in [0, 0.05) is 16.6 Å². The fraction of sp³-hybridized carbons (Fsp3) is 0.318. The lowest BCUT2D eigenvalue weighted by atomic mass is 10.1. The van der Waals surface area contributed by atoms with Crippen LogP contribution in [0.1, 0.15) is 41.3 Å². The van der Waals surface area contributed by atoms with Gasteiger partial charge in [-0.05, 0) is 39.8 Å². The Morgan fingerprint density at radius 1 is 1.16 bits per heavy atom. The molecule has 2 aromatic heterocycles. The Bertz CT molecular complexity index is 1100. The highest BCUT2D eigenvalue weighted by atomic mass is 32.1. The van der Waals surface area contributed by atoms with Gasteiger partial charge in [-0.25, -0.2) is 14.8 Å². The van der Waals surface area contributed by atoms with Gasteiger partial charge in [0.1, 0.15) is 5.82 Å². The molecule has 0 aliphatic carbocycles. The third kappa shape index (κ3) is 5.79. The number of aromatic nitrogens is 3. The van der Waals surface area contributed by atoms with Gasteiger partial charge in [0.05, 0.1) is 30.0 Å². The molecule has 1 amide bonds. The average Bonchev–Trinajstić information content (AvgIpc) is 3.33. The van der Waals surface area contributed by atoms with Crippen molar-refractivity contribution in [1.29, 1.82) is 0 Å². The van der Waals surface area contributed by atoms with Crippen LogP contribution in [-0.4, -0.2) is 45.5 Å². The number of nitrogens with one attached hydrogen (secondary N) is 2. The molecule has 1 unspecified atom stereocenters. The standard InChI is InChI=1S/C22H24N4O5S/c1-5-30-18(27)10-17-11-32-22(25-17)26-20(28)14(4)31-21(29)16-8-6-15(7-9-16)19-23-12(2)13(3)24-19/h6-9,11,14H,5,10H2,1-4H3,(H,23,24)(H,25,26,28). The lowest BCUT2D eigenvalue weighted by Crippen LogP contribution is -2.30. The van der Waals surface area contributed by atoms with Crippen LogP contribution in [0.3, 0.4) is 0 Å². The second kappa shape index (κ2) is 10.2. The quantitative estimate of drug-likeness (QED) is 0.498. The molecule has 2 heterocycles. The predicted molar refractivity (Wildman–Crippen MR) is 119 cm³/mol. The summed E-state index contributed by atoms with van der Waals surface area (Å²) in [6.07, 6.45) is -1.01. The van der Waals surface area contributed by atoms with E-state index in [-0.39, 0.29) is 12.4 Å². The Balaban J connectivity index is 1.55. The number of aromatic amines is 1. The van der Waals surface area contributed by atoms with E-state index in [9.17, 15) is 14.4 Å². The van der Waals surface area contributed by atoms with Crippen molar-refractivity contribution in [3.05, 3.63) is 52.3 Å². The van der Waals surface area contributed by atoms with Crippen molar-refractivity contribution in [3.63, 3.8) is 0 Å². The highest BCUT2D eigenvalue weighted by Gasteiger charge is 2.20. The Morgan fingerprint density at radius 3 is 2.50 bits per heavy atom. The number of aryl methyl sites for hydroxylation is 2. The molecule has 1 aromatic carbocycles. The minimum Gasteiger partial charge on any atom is -0.466 e. The van der Waals surface area contributed by atoms with Crippen LogP contribution in [0.25, 0.3) is 11.4 Å². The molecule has 0 aliphatic rings. The Labute approximate surface area is 189 Å². The number of anilines is 1. The number of ether oxygens (including phenoxy) is 2. The van der Waals surface area contributed by atoms with Crippen molar-refractivity contribution in [1.82, 2.24) is 15.0 Å². The molecule has 0 saturated heterocycles. The van der Waals surface area contributed by atoms with E-state index in [0.29, 0.717) is 23.0 Å². The number of nitrogens with zero attached hydrogens (tertiary/aromatic N) is 2. The minimum absolute atomic E-state index is 0.0257. The number of hydrogen-bond donors (Lipinski definition) is 2. The number of benzene rings is 1. The monoisotopic (exact) mass is 456 g/mol. The maximum atomic E-state index is 12.4. The van der Waals surface area contributed by atoms with E-state index < -0.39 is 18.0 Å². The van der Waals surface area contributed by atoms with Crippen LogP contribution in [0.4, 0.5) is 5.13 Å². The van der Waals surface area contributed by atoms with Gasteiger partial charge in [-0.15, -0.1) is 11.3 Å². The van der Waals surface area contributed by atoms with Crippen molar-refractivity contribution in [2.45, 2.75) is 40.2 Å². The van der Waals surface area contributed by atoms with E-state index in [2.05, 4.69) is 20.3 Å². The Kier molecular flexibility index (Phi) is 7.37. The van der Waals surface area contributed by atoms with Gasteiger partial charge >= 0.3 is 11.9 Å². The molecule has 0 spiro atoms. The summed E-state index contributed by atoms with van der Waals surface area (Å²) < 4.78 is 10.1. The highest BCUT2D eigenvalue weighted by Crippen LogP contribution is 2.20. The summed E-state index contributed by atoms with van der Waals surface area (Å²) in [7, 11) is 0. The maximum absolute atomic E-state index is 12.4. The SMILES string of the molecule is CCOC(=O)Cc1csc(NC(=O)C(C)OC(=O)c2ccc(-c3nc(C)c(C)[nH]3)cc2)n1. The molecule has 9 nitrogen and oxygen atoms in total. The zero-order valence-electron chi connectivity index (χ0n) is 18.2. The van der Waals surface area contributed by atoms with Crippen LogP contribution in [0.2, 0.25) is 0 Å². The highest BCUT2D eigenvalue weighted by molar-refractivity contribution is 7.13. The third-order valence-corrected chi connectivity index (χ3v) is 5.39. The number of carbonyl (C=O) groups is 3. The second-order valence-corrected chi connectivity index (χ2v) is 7.89. The molecule has 0 bridgehead atoms. The first-order valence-electron chi connectivity index (χ1n) is 10.0. The molecular formula is C22H24N4O5S. The lowest BCUT2D eigenvalue weighted by Gasteiger charge is -2.12. The van der Waals surface area contributed by atoms with E-state index in [1.165, 1.54) is 18.3 Å². The van der Waals surface area contributed by atoms with E-state index in [1.54, 1.807) is 36.6 Å². The summed E-state index contributed by atoms with van der Waals surface area (Å²) >= 11 is 1.17. The van der Waals surface area contributed by atoms with E-state index in [0.717, 1.165) is 22.8 Å². The summed E-state index contributed by atoms with van der Waals surface area (Å²) in [5, 5.41) is 4.56. The van der Waals surface area contributed by atoms with Crippen LogP contribution in [0.15, 0.2) is 29.6 Å². The Morgan fingerprint density at radius 2 is 1.88 bits per heavy atom. The van der Waals surface area contributed by atoms with Crippen LogP contribution >= 0.6 is 11.3 Å². The summed E-state index contributed by atoms with van der Waals surface area (Å²) in [6, 6.07) is 6.77. The second-order valence-electron chi connectivity index (χ2n) is 7.04. The molecular weight excluding hydrogens is 432 g/mol. The maximum Gasteiger partial charge on any atom is 0.338 e. The van der Waals surface area contributed by atoms with Crippen LogP contribution in [-0.2, 0) is 25.5 Å². The van der Waals surface area contributed by atoms with Crippen molar-refractivity contribution in [2.75, 3.05) is 11.9 Å². The van der Waals surface area contributed by atoms with Gasteiger partial charge in [-0.3, -0.25) is 14.9 Å². The molecule has 32 heavy (non-hydrogen) atoms. The molecule has 0 saturated carbocycles. The largest absolute Gasteiger partial charge is 0.466 e. The number of hydrogen-bond acceptors (Lipinski definition) is 8. The van der Waals surface area contributed by atoms with Crippen molar-refractivity contribution >= 4 is 34.3 Å². The first-order valence-corrected chi connectivity index (χ1v) is 10.9. The molecule has 3 rings (SSSR count). The van der Waals surface area contributed by atoms with Gasteiger partial charge in [-0.1, -0.05) is 12.1 Å². The first kappa shape index (κ1) is 23.1. The predicted octanol–water partition coefficient (Wildman–Crippen LogP) is 3.44. The molecule has 10 heteroatoms. The van der Waals surface area contributed by atoms with Gasteiger partial charge in [0.2, 0.25) is 0 Å². The van der Waals surface area contributed by atoms with E-state index >= 15 is 0 Å². The number of thiazole rings is 1. The lowest BCUT2D eigenvalue weighted by molar-refractivity contribution is -0.142. The number of rotatable bonds is 8. The number of carbonyl (C=O) groups excluding carboxylic acids is 3. The zero-order chi connectivity index (χ0) is 23.3. The number of amides is 1. The van der Waals surface area contributed by atoms with E-state index in [4.69, 9.17) is 9.47 Å². The van der Waals surface area contributed by atoms with Gasteiger partial charge in [-0.2, -0.15) is 0 Å². The zero-order valence-corrected chi connectivity index (χ0v) is 19.0. The summed E-state index contributed by atoms with van der Waals surface area (Å²) in [6.45, 7) is 7.35. The molecule has 2 N–H and O–H groups in total. The molecule has 3 aromatic rings. The average molecular weight is 457 g/mol. The molecule has 1 atom stereocenters. The number of H-pyrrole nitrogens is 1. The first-order chi connectivity index (χ1) is 15.3. The molecule has 0 aliphatic heterocycles. The van der Waals surface area contributed by atoms with Crippen molar-refractivity contribution < 1.29 is 23.9 Å². The summed E-state index contributed by atoms with van der Waals surface area (Å²) in [5.74, 6) is -0.804. The number of imidazole rings is 1. The molecule has 168 valence electrons. The topological polar surface area (TPSA) is 123 Å². The van der Waals surface area contributed by atoms with Gasteiger partial charge in [0.25, 0.3) is 5.91 Å². The fourth-order valence-electron chi connectivity index (χ4n) is 2.74. The number of esters is 2. The molecule has 0 radical (unpaired) electrons. The molecule has 0 fully saturated rings. The Hall–Kier alpha value is -3.53. The summed E-state index contributed by atoms with van der Waals surface area (Å²) in [4.78, 5) is 48.1.